The molecule has 1 N–H and O–H groups in total. The molecule has 0 aliphatic rings. The van der Waals surface area contributed by atoms with Crippen LogP contribution in [-0.2, 0) is 13.0 Å². The van der Waals surface area contributed by atoms with E-state index in [-0.39, 0.29) is 6.61 Å². The number of aliphatic hydroxyl groups is 1. The first-order valence-corrected chi connectivity index (χ1v) is 4.98. The molecule has 0 atom stereocenters. The van der Waals surface area contributed by atoms with E-state index in [1.54, 1.807) is 7.11 Å². The largest absolute Gasteiger partial charge is 0.496 e. The fraction of sp³-hybridized carbons (Fsp3) is 0.400. The monoisotopic (exact) mass is 244 g/mol. The summed E-state index contributed by atoms with van der Waals surface area (Å²) in [5.74, 6) is 0.834. The number of benzene rings is 1. The third kappa shape index (κ3) is 2.23. The average molecular weight is 245 g/mol. The van der Waals surface area contributed by atoms with E-state index >= 15 is 0 Å². The molecule has 0 spiro atoms. The van der Waals surface area contributed by atoms with Crippen molar-refractivity contribution in [1.82, 2.24) is 0 Å². The van der Waals surface area contributed by atoms with Gasteiger partial charge in [0.2, 0.25) is 0 Å². The second-order valence-electron chi connectivity index (χ2n) is 2.77. The molecule has 0 saturated heterocycles. The molecule has 1 aromatic rings. The second kappa shape index (κ2) is 4.63. The number of hydrogen-bond donors (Lipinski definition) is 1. The summed E-state index contributed by atoms with van der Waals surface area (Å²) < 4.78 is 6.22. The Kier molecular flexibility index (Phi) is 3.75. The highest BCUT2D eigenvalue weighted by atomic mass is 79.9. The number of aliphatic hydroxyl groups excluding tert-OH is 1. The van der Waals surface area contributed by atoms with Crippen molar-refractivity contribution in [2.24, 2.45) is 0 Å². The molecule has 13 heavy (non-hydrogen) atoms. The number of rotatable bonds is 3. The van der Waals surface area contributed by atoms with Crippen LogP contribution in [0.2, 0.25) is 0 Å². The molecule has 1 rings (SSSR count). The topological polar surface area (TPSA) is 29.5 Å². The van der Waals surface area contributed by atoms with Crippen LogP contribution < -0.4 is 4.74 Å². The predicted molar refractivity (Wildman–Crippen MR) is 56.0 cm³/mol. The van der Waals surface area contributed by atoms with Gasteiger partial charge in [0.1, 0.15) is 5.75 Å². The molecule has 0 aromatic heterocycles. The molecule has 0 aliphatic heterocycles. The van der Waals surface area contributed by atoms with Gasteiger partial charge in [-0.25, -0.2) is 0 Å². The first-order valence-electron chi connectivity index (χ1n) is 4.19. The summed E-state index contributed by atoms with van der Waals surface area (Å²) in [5.41, 5.74) is 2.00. The van der Waals surface area contributed by atoms with E-state index in [1.807, 2.05) is 12.1 Å². The van der Waals surface area contributed by atoms with Crippen LogP contribution in [0.25, 0.3) is 0 Å². The van der Waals surface area contributed by atoms with Crippen LogP contribution >= 0.6 is 15.9 Å². The van der Waals surface area contributed by atoms with Gasteiger partial charge in [-0.1, -0.05) is 22.9 Å². The van der Waals surface area contributed by atoms with Crippen molar-refractivity contribution in [2.75, 3.05) is 7.11 Å². The van der Waals surface area contributed by atoms with Crippen LogP contribution in [0.5, 0.6) is 5.75 Å². The zero-order valence-electron chi connectivity index (χ0n) is 7.80. The number of halogens is 1. The van der Waals surface area contributed by atoms with Crippen molar-refractivity contribution in [2.45, 2.75) is 20.0 Å². The van der Waals surface area contributed by atoms with E-state index < -0.39 is 0 Å². The minimum atomic E-state index is 0.0406. The molecule has 0 saturated carbocycles. The van der Waals surface area contributed by atoms with Gasteiger partial charge in [-0.2, -0.15) is 0 Å². The zero-order valence-corrected chi connectivity index (χ0v) is 9.39. The van der Waals surface area contributed by atoms with Crippen molar-refractivity contribution < 1.29 is 9.84 Å². The van der Waals surface area contributed by atoms with Gasteiger partial charge in [0.15, 0.2) is 0 Å². The minimum absolute atomic E-state index is 0.0406. The SMILES string of the molecule is CCc1c(Br)cc(CO)cc1OC. The van der Waals surface area contributed by atoms with Crippen molar-refractivity contribution in [3.05, 3.63) is 27.7 Å². The van der Waals surface area contributed by atoms with Crippen LogP contribution in [0.1, 0.15) is 18.1 Å². The molecule has 0 bridgehead atoms. The van der Waals surface area contributed by atoms with Gasteiger partial charge >= 0.3 is 0 Å². The lowest BCUT2D eigenvalue weighted by Crippen LogP contribution is -1.94. The van der Waals surface area contributed by atoms with Crippen molar-refractivity contribution >= 4 is 15.9 Å². The lowest BCUT2D eigenvalue weighted by Gasteiger charge is -2.10. The van der Waals surface area contributed by atoms with Crippen molar-refractivity contribution in [1.29, 1.82) is 0 Å². The molecule has 1 aromatic carbocycles. The number of hydrogen-bond acceptors (Lipinski definition) is 2. The van der Waals surface area contributed by atoms with Crippen LogP contribution in [-0.4, -0.2) is 12.2 Å². The molecule has 0 amide bonds. The second-order valence-corrected chi connectivity index (χ2v) is 3.62. The van der Waals surface area contributed by atoms with E-state index in [1.165, 1.54) is 0 Å². The Morgan fingerprint density at radius 1 is 1.46 bits per heavy atom. The standard InChI is InChI=1S/C10H13BrO2/c1-3-8-9(11)4-7(6-12)5-10(8)13-2/h4-5,12H,3,6H2,1-2H3. The Morgan fingerprint density at radius 3 is 2.62 bits per heavy atom. The summed E-state index contributed by atoms with van der Waals surface area (Å²) in [7, 11) is 1.64. The normalized spacial score (nSPS) is 10.2. The number of ether oxygens (including phenoxy) is 1. The number of methoxy groups -OCH3 is 1. The summed E-state index contributed by atoms with van der Waals surface area (Å²) in [6, 6.07) is 3.78. The van der Waals surface area contributed by atoms with Gasteiger partial charge < -0.3 is 9.84 Å². The van der Waals surface area contributed by atoms with Crippen LogP contribution in [0.4, 0.5) is 0 Å². The van der Waals surface area contributed by atoms with Gasteiger partial charge in [-0.15, -0.1) is 0 Å². The maximum Gasteiger partial charge on any atom is 0.123 e. The molecular weight excluding hydrogens is 232 g/mol. The molecule has 2 nitrogen and oxygen atoms in total. The molecule has 0 radical (unpaired) electrons. The van der Waals surface area contributed by atoms with E-state index in [0.29, 0.717) is 0 Å². The Morgan fingerprint density at radius 2 is 2.15 bits per heavy atom. The van der Waals surface area contributed by atoms with Gasteiger partial charge in [0, 0.05) is 10.0 Å². The van der Waals surface area contributed by atoms with Crippen molar-refractivity contribution in [3.63, 3.8) is 0 Å². The van der Waals surface area contributed by atoms with E-state index in [2.05, 4.69) is 22.9 Å². The fourth-order valence-corrected chi connectivity index (χ4v) is 2.05. The highest BCUT2D eigenvalue weighted by Gasteiger charge is 2.07. The summed E-state index contributed by atoms with van der Waals surface area (Å²) in [4.78, 5) is 0. The zero-order chi connectivity index (χ0) is 9.84. The molecule has 0 heterocycles. The Labute approximate surface area is 86.7 Å². The summed E-state index contributed by atoms with van der Waals surface area (Å²) in [6.07, 6.45) is 0.912. The summed E-state index contributed by atoms with van der Waals surface area (Å²) >= 11 is 3.45. The lowest BCUT2D eigenvalue weighted by atomic mass is 10.1. The maximum atomic E-state index is 8.97. The Balaban J connectivity index is 3.20. The molecule has 0 aliphatic carbocycles. The fourth-order valence-electron chi connectivity index (χ4n) is 1.28. The van der Waals surface area contributed by atoms with E-state index in [4.69, 9.17) is 9.84 Å². The first-order chi connectivity index (χ1) is 6.22. The van der Waals surface area contributed by atoms with Gasteiger partial charge in [0.05, 0.1) is 13.7 Å². The predicted octanol–water partition coefficient (Wildman–Crippen LogP) is 2.51. The molecule has 3 heteroatoms. The quantitative estimate of drug-likeness (QED) is 0.886. The van der Waals surface area contributed by atoms with Crippen molar-refractivity contribution in [3.8, 4) is 5.75 Å². The smallest absolute Gasteiger partial charge is 0.123 e. The Hall–Kier alpha value is -0.540. The molecule has 72 valence electrons. The molecule has 0 fully saturated rings. The molecular formula is C10H13BrO2. The van der Waals surface area contributed by atoms with Gasteiger partial charge in [-0.05, 0) is 24.1 Å². The minimum Gasteiger partial charge on any atom is -0.496 e. The van der Waals surface area contributed by atoms with E-state index in [9.17, 15) is 0 Å². The highest BCUT2D eigenvalue weighted by Crippen LogP contribution is 2.29. The van der Waals surface area contributed by atoms with Crippen LogP contribution in [0, 0.1) is 0 Å². The van der Waals surface area contributed by atoms with Crippen LogP contribution in [0.15, 0.2) is 16.6 Å². The highest BCUT2D eigenvalue weighted by molar-refractivity contribution is 9.10. The lowest BCUT2D eigenvalue weighted by molar-refractivity contribution is 0.281. The summed E-state index contributed by atoms with van der Waals surface area (Å²) in [5, 5.41) is 8.97. The first kappa shape index (κ1) is 10.5. The Bertz CT molecular complexity index is 297. The van der Waals surface area contributed by atoms with Crippen LogP contribution in [0.3, 0.4) is 0 Å². The maximum absolute atomic E-state index is 8.97. The average Bonchev–Trinajstić information content (AvgIpc) is 2.16. The third-order valence-electron chi connectivity index (χ3n) is 1.97. The molecule has 0 unspecified atom stereocenters. The van der Waals surface area contributed by atoms with Gasteiger partial charge in [-0.3, -0.25) is 0 Å². The summed E-state index contributed by atoms with van der Waals surface area (Å²) in [6.45, 7) is 2.11. The van der Waals surface area contributed by atoms with Gasteiger partial charge in [0.25, 0.3) is 0 Å². The third-order valence-corrected chi connectivity index (χ3v) is 2.68. The van der Waals surface area contributed by atoms with E-state index in [0.717, 1.165) is 27.8 Å².